The van der Waals surface area contributed by atoms with E-state index in [0.29, 0.717) is 0 Å². The fraction of sp³-hybridized carbons (Fsp3) is 0.364. The van der Waals surface area contributed by atoms with E-state index < -0.39 is 0 Å². The lowest BCUT2D eigenvalue weighted by molar-refractivity contribution is 0.114. The summed E-state index contributed by atoms with van der Waals surface area (Å²) in [4.78, 5) is 7.41. The Hall–Kier alpha value is -0.820. The number of hydrogen-bond acceptors (Lipinski definition) is 4. The molecule has 0 aliphatic carbocycles. The van der Waals surface area contributed by atoms with Gasteiger partial charge in [0.2, 0.25) is 0 Å². The molecular weight excluding hydrogens is 456 g/mol. The summed E-state index contributed by atoms with van der Waals surface area (Å²) in [6.07, 6.45) is 3.39. The van der Waals surface area contributed by atoms with Crippen molar-refractivity contribution in [2.24, 2.45) is 0 Å². The van der Waals surface area contributed by atoms with Crippen LogP contribution in [0.1, 0.15) is 17.5 Å². The summed E-state index contributed by atoms with van der Waals surface area (Å²) in [6.45, 7) is 6.33. The fourth-order valence-corrected chi connectivity index (χ4v) is 5.46. The van der Waals surface area contributed by atoms with E-state index in [-0.39, 0.29) is 6.61 Å². The fourth-order valence-electron chi connectivity index (χ4n) is 3.86. The molecule has 1 N–H and O–H groups in total. The highest BCUT2D eigenvalue weighted by molar-refractivity contribution is 9.10. The molecule has 3 nitrogen and oxygen atoms in total. The predicted octanol–water partition coefficient (Wildman–Crippen LogP) is 5.00. The molecule has 0 bridgehead atoms. The molecule has 0 atom stereocenters. The first-order chi connectivity index (χ1) is 13.6. The van der Waals surface area contributed by atoms with Gasteiger partial charge in [0.1, 0.15) is 0 Å². The van der Waals surface area contributed by atoms with Crippen LogP contribution < -0.4 is 0 Å². The van der Waals surface area contributed by atoms with Crippen molar-refractivity contribution in [3.63, 3.8) is 0 Å². The third-order valence-electron chi connectivity index (χ3n) is 5.36. The molecule has 0 amide bonds. The Bertz CT molecular complexity index is 827. The van der Waals surface area contributed by atoms with Gasteiger partial charge in [-0.15, -0.1) is 0 Å². The van der Waals surface area contributed by atoms with Crippen molar-refractivity contribution in [2.45, 2.75) is 16.2 Å². The summed E-state index contributed by atoms with van der Waals surface area (Å²) < 4.78 is 1.10. The van der Waals surface area contributed by atoms with Crippen LogP contribution in [-0.4, -0.2) is 60.8 Å². The minimum Gasteiger partial charge on any atom is -0.395 e. The van der Waals surface area contributed by atoms with Crippen molar-refractivity contribution in [1.29, 1.82) is 0 Å². The number of fused-ring (bicyclic) bond motifs is 2. The molecule has 2 aromatic carbocycles. The zero-order valence-corrected chi connectivity index (χ0v) is 18.9. The molecule has 1 fully saturated rings. The first-order valence-electron chi connectivity index (χ1n) is 9.67. The molecule has 0 unspecified atom stereocenters. The van der Waals surface area contributed by atoms with Crippen LogP contribution in [0.15, 0.2) is 56.7 Å². The quantitative estimate of drug-likeness (QED) is 0.557. The molecule has 2 aromatic rings. The topological polar surface area (TPSA) is 26.7 Å². The van der Waals surface area contributed by atoms with Crippen molar-refractivity contribution in [3.05, 3.63) is 63.1 Å². The molecule has 0 radical (unpaired) electrons. The predicted molar refractivity (Wildman–Crippen MR) is 121 cm³/mol. The standard InChI is InChI=1S/C22H24BrClN2OS/c23-16-3-5-21-19(14-16)18(20-15-17(24)4-6-22(20)28-21)2-1-7-25-8-10-26(11-9-25)12-13-27/h2-6,14-15,27H,1,7-13H2/b18-2-. The summed E-state index contributed by atoms with van der Waals surface area (Å²) in [6, 6.07) is 12.7. The second-order valence-electron chi connectivity index (χ2n) is 7.20. The number of nitrogens with zero attached hydrogens (tertiary/aromatic N) is 2. The van der Waals surface area contributed by atoms with Crippen LogP contribution in [0.5, 0.6) is 0 Å². The van der Waals surface area contributed by atoms with Crippen molar-refractivity contribution in [3.8, 4) is 0 Å². The lowest BCUT2D eigenvalue weighted by atomic mass is 9.96. The van der Waals surface area contributed by atoms with Crippen LogP contribution in [0.25, 0.3) is 5.57 Å². The molecule has 2 aliphatic heterocycles. The lowest BCUT2D eigenvalue weighted by Crippen LogP contribution is -2.47. The minimum atomic E-state index is 0.251. The van der Waals surface area contributed by atoms with E-state index in [1.54, 1.807) is 0 Å². The van der Waals surface area contributed by atoms with E-state index in [1.807, 2.05) is 17.8 Å². The van der Waals surface area contributed by atoms with Crippen LogP contribution in [-0.2, 0) is 0 Å². The highest BCUT2D eigenvalue weighted by Crippen LogP contribution is 2.46. The average Bonchev–Trinajstić information content (AvgIpc) is 2.69. The Kier molecular flexibility index (Phi) is 6.81. The zero-order chi connectivity index (χ0) is 19.5. The van der Waals surface area contributed by atoms with Crippen molar-refractivity contribution >= 4 is 44.9 Å². The maximum absolute atomic E-state index is 9.09. The maximum Gasteiger partial charge on any atom is 0.0558 e. The van der Waals surface area contributed by atoms with E-state index in [2.05, 4.69) is 62.1 Å². The second-order valence-corrected chi connectivity index (χ2v) is 9.63. The Morgan fingerprint density at radius 3 is 2.32 bits per heavy atom. The Morgan fingerprint density at radius 2 is 1.61 bits per heavy atom. The molecule has 1 saturated heterocycles. The van der Waals surface area contributed by atoms with Crippen molar-refractivity contribution in [2.75, 3.05) is 45.9 Å². The molecule has 0 spiro atoms. The van der Waals surface area contributed by atoms with Crippen LogP contribution in [0.4, 0.5) is 0 Å². The Morgan fingerprint density at radius 1 is 0.964 bits per heavy atom. The molecule has 28 heavy (non-hydrogen) atoms. The van der Waals surface area contributed by atoms with Gasteiger partial charge in [-0.1, -0.05) is 45.4 Å². The van der Waals surface area contributed by atoms with Gasteiger partial charge in [-0.25, -0.2) is 0 Å². The van der Waals surface area contributed by atoms with Crippen molar-refractivity contribution < 1.29 is 5.11 Å². The average molecular weight is 480 g/mol. The lowest BCUT2D eigenvalue weighted by Gasteiger charge is -2.34. The van der Waals surface area contributed by atoms with E-state index in [0.717, 1.165) is 55.2 Å². The first kappa shape index (κ1) is 20.5. The summed E-state index contributed by atoms with van der Waals surface area (Å²) in [7, 11) is 0. The summed E-state index contributed by atoms with van der Waals surface area (Å²) in [5.74, 6) is 0. The first-order valence-corrected chi connectivity index (χ1v) is 11.7. The number of β-amino-alcohol motifs (C(OH)–C–C–N with tert-alkyl or cyclic N) is 1. The number of piperazine rings is 1. The van der Waals surface area contributed by atoms with Gasteiger partial charge >= 0.3 is 0 Å². The normalized spacial score (nSPS) is 18.9. The smallest absolute Gasteiger partial charge is 0.0558 e. The van der Waals surface area contributed by atoms with E-state index in [1.165, 1.54) is 26.5 Å². The minimum absolute atomic E-state index is 0.251. The van der Waals surface area contributed by atoms with Gasteiger partial charge < -0.3 is 10.0 Å². The number of hydrogen-bond donors (Lipinski definition) is 1. The molecule has 4 rings (SSSR count). The molecule has 0 saturated carbocycles. The molecule has 148 valence electrons. The molecule has 0 aromatic heterocycles. The SMILES string of the molecule is OCCN1CCN(CC/C=C2\c3cc(Cl)ccc3Sc3ccc(Br)cc32)CC1. The van der Waals surface area contributed by atoms with Crippen molar-refractivity contribution in [1.82, 2.24) is 9.80 Å². The monoisotopic (exact) mass is 478 g/mol. The van der Waals surface area contributed by atoms with Gasteiger partial charge in [-0.05, 0) is 59.5 Å². The van der Waals surface area contributed by atoms with E-state index in [4.69, 9.17) is 16.7 Å². The number of aliphatic hydroxyl groups is 1. The Labute approximate surface area is 184 Å². The number of benzene rings is 2. The van der Waals surface area contributed by atoms with Crippen LogP contribution in [0, 0.1) is 0 Å². The van der Waals surface area contributed by atoms with Crippen LogP contribution in [0.3, 0.4) is 0 Å². The number of halogens is 2. The highest BCUT2D eigenvalue weighted by atomic mass is 79.9. The van der Waals surface area contributed by atoms with Crippen LogP contribution >= 0.6 is 39.3 Å². The number of aliphatic hydroxyl groups excluding tert-OH is 1. The summed E-state index contributed by atoms with van der Waals surface area (Å²) in [5.41, 5.74) is 3.80. The zero-order valence-electron chi connectivity index (χ0n) is 15.7. The van der Waals surface area contributed by atoms with Gasteiger partial charge in [-0.3, -0.25) is 4.90 Å². The van der Waals surface area contributed by atoms with Gasteiger partial charge in [0.25, 0.3) is 0 Å². The highest BCUT2D eigenvalue weighted by Gasteiger charge is 2.22. The second kappa shape index (κ2) is 9.33. The third-order valence-corrected chi connectivity index (χ3v) is 7.24. The molecular formula is C22H24BrClN2OS. The van der Waals surface area contributed by atoms with Crippen LogP contribution in [0.2, 0.25) is 5.02 Å². The number of rotatable bonds is 5. The van der Waals surface area contributed by atoms with Gasteiger partial charge in [0.05, 0.1) is 6.61 Å². The summed E-state index contributed by atoms with van der Waals surface area (Å²) in [5, 5.41) is 9.87. The van der Waals surface area contributed by atoms with Gasteiger partial charge in [0, 0.05) is 58.6 Å². The van der Waals surface area contributed by atoms with Gasteiger partial charge in [-0.2, -0.15) is 0 Å². The van der Waals surface area contributed by atoms with Gasteiger partial charge in [0.15, 0.2) is 0 Å². The summed E-state index contributed by atoms with van der Waals surface area (Å²) >= 11 is 11.8. The molecule has 2 aliphatic rings. The van der Waals surface area contributed by atoms with E-state index >= 15 is 0 Å². The van der Waals surface area contributed by atoms with E-state index in [9.17, 15) is 0 Å². The largest absolute Gasteiger partial charge is 0.395 e. The molecule has 6 heteroatoms. The third kappa shape index (κ3) is 4.66. The Balaban J connectivity index is 1.52. The maximum atomic E-state index is 9.09. The molecule has 2 heterocycles.